The van der Waals surface area contributed by atoms with E-state index in [0.717, 1.165) is 42.7 Å². The molecule has 0 spiro atoms. The number of carbonyl (C=O) groups is 1. The van der Waals surface area contributed by atoms with Gasteiger partial charge in [0.2, 0.25) is 0 Å². The monoisotopic (exact) mass is 509 g/mol. The number of aldehydes is 1. The van der Waals surface area contributed by atoms with Crippen LogP contribution in [-0.2, 0) is 24.1 Å². The number of aromatic hydroxyl groups is 1. The Morgan fingerprint density at radius 1 is 0.972 bits per heavy atom. The summed E-state index contributed by atoms with van der Waals surface area (Å²) in [7, 11) is 0. The quantitative estimate of drug-likeness (QED) is 0.136. The number of rotatable bonds is 13. The number of halogens is 1. The van der Waals surface area contributed by atoms with Crippen LogP contribution in [0.1, 0.15) is 28.4 Å². The van der Waals surface area contributed by atoms with E-state index in [0.29, 0.717) is 30.8 Å². The molecule has 36 heavy (non-hydrogen) atoms. The average molecular weight is 510 g/mol. The first-order valence-electron chi connectivity index (χ1n) is 12.2. The summed E-state index contributed by atoms with van der Waals surface area (Å²) in [6.07, 6.45) is 2.44. The van der Waals surface area contributed by atoms with Gasteiger partial charge in [0.25, 0.3) is 0 Å². The molecule has 0 bridgehead atoms. The van der Waals surface area contributed by atoms with Gasteiger partial charge in [-0.1, -0.05) is 60.3 Å². The lowest BCUT2D eigenvalue weighted by molar-refractivity contribution is -0.107. The highest BCUT2D eigenvalue weighted by Crippen LogP contribution is 2.46. The van der Waals surface area contributed by atoms with Crippen molar-refractivity contribution in [2.24, 2.45) is 0 Å². The Kier molecular flexibility index (Phi) is 9.35. The lowest BCUT2D eigenvalue weighted by atomic mass is 10.1. The minimum atomic E-state index is -0.749. The molecule has 1 aliphatic rings. The van der Waals surface area contributed by atoms with Crippen LogP contribution in [0.3, 0.4) is 0 Å². The van der Waals surface area contributed by atoms with Gasteiger partial charge in [-0.3, -0.25) is 0 Å². The summed E-state index contributed by atoms with van der Waals surface area (Å²) in [4.78, 5) is 11.9. The zero-order valence-corrected chi connectivity index (χ0v) is 20.9. The molecule has 1 aliphatic heterocycles. The van der Waals surface area contributed by atoms with Crippen molar-refractivity contribution in [1.29, 1.82) is 0 Å². The van der Waals surface area contributed by atoms with Gasteiger partial charge in [0.1, 0.15) is 16.9 Å². The third kappa shape index (κ3) is 6.85. The van der Waals surface area contributed by atoms with Crippen LogP contribution in [0.5, 0.6) is 5.75 Å². The molecule has 1 heterocycles. The molecular weight excluding hydrogens is 477 g/mol. The third-order valence-electron chi connectivity index (χ3n) is 6.22. The van der Waals surface area contributed by atoms with Crippen molar-refractivity contribution in [3.8, 4) is 5.75 Å². The lowest BCUT2D eigenvalue weighted by Crippen LogP contribution is -2.24. The van der Waals surface area contributed by atoms with Crippen LogP contribution in [-0.4, -0.2) is 48.1 Å². The van der Waals surface area contributed by atoms with Crippen molar-refractivity contribution in [3.63, 3.8) is 0 Å². The number of anilines is 1. The first-order chi connectivity index (χ1) is 17.5. The summed E-state index contributed by atoms with van der Waals surface area (Å²) in [5, 5.41) is 30.0. The highest BCUT2D eigenvalue weighted by Gasteiger charge is 2.28. The van der Waals surface area contributed by atoms with Crippen LogP contribution in [0.4, 0.5) is 10.1 Å². The molecule has 3 aromatic rings. The van der Waals surface area contributed by atoms with Gasteiger partial charge in [0.05, 0.1) is 11.8 Å². The number of hydrogen-bond acceptors (Lipinski definition) is 7. The summed E-state index contributed by atoms with van der Waals surface area (Å²) in [6, 6.07) is 18.6. The molecule has 4 rings (SSSR count). The molecule has 0 aromatic heterocycles. The molecular formula is C28H32FN3O3S. The van der Waals surface area contributed by atoms with Crippen molar-refractivity contribution < 1.29 is 19.4 Å². The normalized spacial score (nSPS) is 15.3. The summed E-state index contributed by atoms with van der Waals surface area (Å²) in [6.45, 7) is 2.65. The largest absolute Gasteiger partial charge is 0.506 e. The maximum Gasteiger partial charge on any atom is 0.152 e. The second-order valence-electron chi connectivity index (χ2n) is 8.83. The maximum absolute atomic E-state index is 13.7. The Balaban J connectivity index is 1.18. The smallest absolute Gasteiger partial charge is 0.152 e. The molecule has 6 nitrogen and oxygen atoms in total. The molecule has 0 fully saturated rings. The number of carbonyl (C=O) groups excluding carboxylic acids is 1. The van der Waals surface area contributed by atoms with Gasteiger partial charge >= 0.3 is 0 Å². The molecule has 2 atom stereocenters. The number of hydrogen-bond donors (Lipinski definition) is 5. The fourth-order valence-electron chi connectivity index (χ4n) is 4.28. The third-order valence-corrected chi connectivity index (χ3v) is 7.38. The van der Waals surface area contributed by atoms with Crippen molar-refractivity contribution in [2.45, 2.75) is 35.6 Å². The van der Waals surface area contributed by atoms with Gasteiger partial charge in [-0.05, 0) is 73.3 Å². The molecule has 190 valence electrons. The van der Waals surface area contributed by atoms with E-state index in [1.54, 1.807) is 18.2 Å². The topological polar surface area (TPSA) is 93.6 Å². The molecule has 0 saturated heterocycles. The average Bonchev–Trinajstić information content (AvgIpc) is 3.33. The van der Waals surface area contributed by atoms with E-state index in [4.69, 9.17) is 0 Å². The lowest BCUT2D eigenvalue weighted by Gasteiger charge is -2.16. The second-order valence-corrected chi connectivity index (χ2v) is 9.98. The Morgan fingerprint density at radius 3 is 2.44 bits per heavy atom. The van der Waals surface area contributed by atoms with Crippen LogP contribution < -0.4 is 16.0 Å². The molecule has 0 amide bonds. The van der Waals surface area contributed by atoms with E-state index in [9.17, 15) is 19.4 Å². The Labute approximate surface area is 215 Å². The standard InChI is InChI=1S/C28H32FN3O3S/c29-23-7-2-1-6-21(23)12-15-30-13-10-19-4-3-5-20(16-19)11-14-31-17-25(35)22-8-9-24(34)27-28(22)36-26(18-33)32-27/h1-9,16,18,25-26,30-32,34-35H,10-15,17H2/t25-,26?/m0/s1. The molecule has 0 radical (unpaired) electrons. The number of phenols is 1. The fraction of sp³-hybridized carbons (Fsp3) is 0.321. The van der Waals surface area contributed by atoms with Crippen molar-refractivity contribution >= 4 is 23.7 Å². The zero-order chi connectivity index (χ0) is 25.3. The van der Waals surface area contributed by atoms with E-state index >= 15 is 0 Å². The van der Waals surface area contributed by atoms with Gasteiger partial charge in [-0.15, -0.1) is 0 Å². The summed E-state index contributed by atoms with van der Waals surface area (Å²) >= 11 is 1.30. The summed E-state index contributed by atoms with van der Waals surface area (Å²) < 4.78 is 13.7. The molecule has 8 heteroatoms. The Hall–Kier alpha value is -2.91. The highest BCUT2D eigenvalue weighted by molar-refractivity contribution is 8.01. The van der Waals surface area contributed by atoms with E-state index in [1.807, 2.05) is 12.1 Å². The number of aliphatic hydroxyl groups excluding tert-OH is 1. The van der Waals surface area contributed by atoms with Gasteiger partial charge in [0, 0.05) is 11.4 Å². The predicted molar refractivity (Wildman–Crippen MR) is 142 cm³/mol. The Bertz CT molecular complexity index is 1180. The van der Waals surface area contributed by atoms with Crippen LogP contribution in [0.25, 0.3) is 0 Å². The zero-order valence-electron chi connectivity index (χ0n) is 20.0. The van der Waals surface area contributed by atoms with E-state index in [2.05, 4.69) is 40.2 Å². The first kappa shape index (κ1) is 26.2. The van der Waals surface area contributed by atoms with Gasteiger partial charge in [0.15, 0.2) is 6.29 Å². The molecule has 0 saturated carbocycles. The van der Waals surface area contributed by atoms with E-state index < -0.39 is 11.5 Å². The van der Waals surface area contributed by atoms with E-state index in [-0.39, 0.29) is 11.6 Å². The maximum atomic E-state index is 13.7. The number of phenolic OH excluding ortho intramolecular Hbond substituents is 1. The molecule has 3 aromatic carbocycles. The van der Waals surface area contributed by atoms with Crippen molar-refractivity contribution in [1.82, 2.24) is 10.6 Å². The predicted octanol–water partition coefficient (Wildman–Crippen LogP) is 3.81. The minimum absolute atomic E-state index is 0.0749. The number of fused-ring (bicyclic) bond motifs is 1. The van der Waals surface area contributed by atoms with Gasteiger partial charge < -0.3 is 31.0 Å². The summed E-state index contributed by atoms with van der Waals surface area (Å²) in [5.41, 5.74) is 4.41. The number of aliphatic hydroxyl groups is 1. The van der Waals surface area contributed by atoms with Crippen LogP contribution in [0.15, 0.2) is 65.6 Å². The minimum Gasteiger partial charge on any atom is -0.506 e. The van der Waals surface area contributed by atoms with Gasteiger partial charge in [-0.25, -0.2) is 4.39 Å². The van der Waals surface area contributed by atoms with Gasteiger partial charge in [-0.2, -0.15) is 0 Å². The molecule has 1 unspecified atom stereocenters. The SMILES string of the molecule is O=CC1Nc2c(O)ccc([C@@H](O)CNCCc3cccc(CCNCCc4ccccc4F)c3)c2S1. The van der Waals surface area contributed by atoms with Crippen molar-refractivity contribution in [2.75, 3.05) is 31.5 Å². The van der Waals surface area contributed by atoms with E-state index in [1.165, 1.54) is 29.0 Å². The molecule has 5 N–H and O–H groups in total. The van der Waals surface area contributed by atoms with Crippen LogP contribution in [0, 0.1) is 5.82 Å². The molecule has 0 aliphatic carbocycles. The summed E-state index contributed by atoms with van der Waals surface area (Å²) in [5.74, 6) is -0.0755. The van der Waals surface area contributed by atoms with Crippen LogP contribution >= 0.6 is 11.8 Å². The number of benzene rings is 3. The second kappa shape index (κ2) is 12.9. The number of thioether (sulfide) groups is 1. The first-order valence-corrected chi connectivity index (χ1v) is 13.1. The van der Waals surface area contributed by atoms with Crippen molar-refractivity contribution in [3.05, 3.63) is 88.7 Å². The Morgan fingerprint density at radius 2 is 1.69 bits per heavy atom. The van der Waals surface area contributed by atoms with Crippen LogP contribution in [0.2, 0.25) is 0 Å². The highest BCUT2D eigenvalue weighted by atomic mass is 32.2. The fourth-order valence-corrected chi connectivity index (χ4v) is 5.39. The number of nitrogens with one attached hydrogen (secondary N) is 3.